The van der Waals surface area contributed by atoms with Gasteiger partial charge in [0, 0.05) is 225 Å². The Kier molecular flexibility index (Phi) is 26.3. The van der Waals surface area contributed by atoms with Crippen molar-refractivity contribution in [3.63, 3.8) is 0 Å². The van der Waals surface area contributed by atoms with E-state index in [0.717, 1.165) is 107 Å². The standard InChI is InChI=1S/C25H23ClFN3O4.2C25H24FN3O4.C24H22FN3O4/c1-29-9-11-30(12-10-29)22(14-5-7-28-8-6-14)20-18-16(25(32)33-2)13-34-24(18)15-3-4-17(26)21(27)19(15)23(20)31;1-28-9-11-29(12-10-28)22(15-5-7-27-8-6-15)21-20-19(25(31)32-2)14-33-24(20)17-4-3-16(26)13-18(17)23(21)30;1-28-10-12-29(13-11-28)22(15-6-8-27-9-7-15)21-20-17(25(31)32-2)14-33-24(20)16-4-3-5-18(26)19(16)23(21)30;1-27-9-11-28(12-10-27)21(14-5-7-26-8-6-14)20-19-16(24(30)31)13-32-23(19)15-3-2-4-17(25)18(15)22(20)29/h3-8,13,22,31H,9-12H2,1-2H3;3-8,13-14,22,30H,9-12H2,1-2H3;3-9,14,22,30H,10-13H2,1-2H3;2-8,13,21,29H,9-12H2,1H3,(H,30,31). The summed E-state index contributed by atoms with van der Waals surface area (Å²) in [6, 6.07) is 29.1. The Morgan fingerprint density at radius 3 is 0.947 bits per heavy atom. The van der Waals surface area contributed by atoms with Crippen molar-refractivity contribution in [2.24, 2.45) is 0 Å². The van der Waals surface area contributed by atoms with Gasteiger partial charge in [0.05, 0.1) is 66.7 Å². The minimum Gasteiger partial charge on any atom is -0.507 e. The maximum Gasteiger partial charge on any atom is 0.341 e. The van der Waals surface area contributed by atoms with E-state index in [-0.39, 0.29) is 83.0 Å². The van der Waals surface area contributed by atoms with Crippen LogP contribution in [-0.4, -0.2) is 263 Å². The maximum absolute atomic E-state index is 15.3. The predicted octanol–water partition coefficient (Wildman–Crippen LogP) is 16.4. The quantitative estimate of drug-likeness (QED) is 0.0341. The zero-order valence-electron chi connectivity index (χ0n) is 73.0. The van der Waals surface area contributed by atoms with Crippen molar-refractivity contribution in [1.82, 2.24) is 59.1 Å². The van der Waals surface area contributed by atoms with E-state index in [2.05, 4.69) is 73.2 Å². The molecule has 0 spiro atoms. The van der Waals surface area contributed by atoms with Gasteiger partial charge in [0.2, 0.25) is 0 Å². The van der Waals surface area contributed by atoms with Crippen molar-refractivity contribution < 1.29 is 94.2 Å². The molecule has 33 heteroatoms. The molecule has 4 aliphatic heterocycles. The Labute approximate surface area is 758 Å². The van der Waals surface area contributed by atoms with Crippen molar-refractivity contribution in [2.45, 2.75) is 24.2 Å². The molecule has 0 saturated carbocycles. The number of aromatic hydroxyl groups is 4. The van der Waals surface area contributed by atoms with E-state index in [0.29, 0.717) is 103 Å². The number of carbonyl (C=O) groups excluding carboxylic acids is 3. The van der Waals surface area contributed by atoms with Crippen LogP contribution in [0.3, 0.4) is 0 Å². The number of pyridine rings is 4. The summed E-state index contributed by atoms with van der Waals surface area (Å²) in [6.07, 6.45) is 18.5. The summed E-state index contributed by atoms with van der Waals surface area (Å²) in [6.45, 7) is 12.4. The molecule has 28 nitrogen and oxygen atoms in total. The predicted molar refractivity (Wildman–Crippen MR) is 488 cm³/mol. The summed E-state index contributed by atoms with van der Waals surface area (Å²) < 4.78 is 97.6. The van der Waals surface area contributed by atoms with Gasteiger partial charge in [-0.05, 0) is 141 Å². The van der Waals surface area contributed by atoms with Gasteiger partial charge in [0.1, 0.15) is 110 Å². The Bertz CT molecular complexity index is 7030. The number of carboxylic acid groups (broad SMARTS) is 1. The number of methoxy groups -OCH3 is 3. The summed E-state index contributed by atoms with van der Waals surface area (Å²) in [5, 5.41) is 59.5. The van der Waals surface area contributed by atoms with Crippen molar-refractivity contribution in [3.8, 4) is 23.0 Å². The van der Waals surface area contributed by atoms with Crippen LogP contribution in [0.25, 0.3) is 87.0 Å². The molecule has 0 bridgehead atoms. The average molecular weight is 1820 g/mol. The van der Waals surface area contributed by atoms with E-state index >= 15 is 8.78 Å². The number of carbonyl (C=O) groups is 4. The third-order valence-corrected chi connectivity index (χ3v) is 25.8. The number of hydrogen-bond donors (Lipinski definition) is 5. The van der Waals surface area contributed by atoms with Gasteiger partial charge in [-0.25, -0.2) is 36.7 Å². The van der Waals surface area contributed by atoms with Crippen LogP contribution < -0.4 is 0 Å². The number of furan rings is 4. The lowest BCUT2D eigenvalue weighted by atomic mass is 9.89. The monoisotopic (exact) mass is 1820 g/mol. The lowest BCUT2D eigenvalue weighted by Crippen LogP contribution is -2.46. The van der Waals surface area contributed by atoms with Crippen molar-refractivity contribution in [2.75, 3.05) is 154 Å². The number of carboxylic acids is 1. The van der Waals surface area contributed by atoms with E-state index in [1.165, 1.54) is 76.5 Å². The Morgan fingerprint density at radius 1 is 0.348 bits per heavy atom. The molecule has 8 aromatic heterocycles. The zero-order chi connectivity index (χ0) is 92.6. The van der Waals surface area contributed by atoms with Gasteiger partial charge < -0.3 is 77.0 Å². The molecule has 0 radical (unpaired) electrons. The van der Waals surface area contributed by atoms with Crippen LogP contribution in [0.15, 0.2) is 208 Å². The number of phenols is 4. The molecule has 4 unspecified atom stereocenters. The molecule has 680 valence electrons. The first kappa shape index (κ1) is 90.3. The summed E-state index contributed by atoms with van der Waals surface area (Å²) in [4.78, 5) is 84.4. The number of rotatable bonds is 16. The largest absolute Gasteiger partial charge is 0.507 e. The Morgan fingerprint density at radius 2 is 0.629 bits per heavy atom. The Hall–Kier alpha value is -13.7. The molecular formula is C99H93ClF4N12O16. The van der Waals surface area contributed by atoms with Crippen LogP contribution in [-0.2, 0) is 14.2 Å². The minimum absolute atomic E-state index is 0.0227. The average Bonchev–Trinajstić information content (AvgIpc) is 1.44. The summed E-state index contributed by atoms with van der Waals surface area (Å²) in [7, 11) is 12.1. The van der Waals surface area contributed by atoms with E-state index in [9.17, 15) is 53.5 Å². The molecule has 132 heavy (non-hydrogen) atoms. The number of aromatic nitrogens is 4. The highest BCUT2D eigenvalue weighted by atomic mass is 35.5. The van der Waals surface area contributed by atoms with Crippen LogP contribution in [0.1, 0.15) is 110 Å². The molecule has 8 aromatic carbocycles. The molecule has 4 atom stereocenters. The summed E-state index contributed by atoms with van der Waals surface area (Å²) >= 11 is 6.09. The number of esters is 3. The van der Waals surface area contributed by atoms with Crippen LogP contribution in [0.5, 0.6) is 23.0 Å². The van der Waals surface area contributed by atoms with Crippen LogP contribution in [0, 0.1) is 23.3 Å². The van der Waals surface area contributed by atoms with Crippen LogP contribution in [0.4, 0.5) is 17.6 Å². The van der Waals surface area contributed by atoms with Gasteiger partial charge in [-0.3, -0.25) is 39.5 Å². The topological polar surface area (TPSA) is 327 Å². The number of halogens is 5. The molecule has 0 amide bonds. The van der Waals surface area contributed by atoms with Gasteiger partial charge in [-0.15, -0.1) is 0 Å². The highest BCUT2D eigenvalue weighted by Crippen LogP contribution is 2.53. The maximum atomic E-state index is 15.3. The number of benzene rings is 8. The lowest BCUT2D eigenvalue weighted by molar-refractivity contribution is 0.0592. The molecule has 20 rings (SSSR count). The molecule has 5 N–H and O–H groups in total. The molecule has 0 aliphatic carbocycles. The molecule has 4 saturated heterocycles. The number of ether oxygens (including phenoxy) is 3. The lowest BCUT2D eigenvalue weighted by Gasteiger charge is -2.39. The second-order valence-electron chi connectivity index (χ2n) is 33.1. The van der Waals surface area contributed by atoms with Gasteiger partial charge in [0.25, 0.3) is 0 Å². The second-order valence-corrected chi connectivity index (χ2v) is 33.5. The van der Waals surface area contributed by atoms with Gasteiger partial charge in [-0.2, -0.15) is 0 Å². The molecular weight excluding hydrogens is 1720 g/mol. The number of fused-ring (bicyclic) bond motifs is 12. The van der Waals surface area contributed by atoms with Crippen molar-refractivity contribution in [3.05, 3.63) is 285 Å². The second kappa shape index (κ2) is 38.4. The van der Waals surface area contributed by atoms with E-state index in [1.54, 1.807) is 79.9 Å². The fourth-order valence-corrected chi connectivity index (χ4v) is 19.0. The number of aromatic carboxylic acids is 1. The van der Waals surface area contributed by atoms with E-state index < -0.39 is 71.3 Å². The summed E-state index contributed by atoms with van der Waals surface area (Å²) in [5.74, 6) is -6.14. The van der Waals surface area contributed by atoms with Crippen molar-refractivity contribution in [1.29, 1.82) is 0 Å². The fourth-order valence-electron chi connectivity index (χ4n) is 18.9. The number of hydrogen-bond acceptors (Lipinski definition) is 27. The third kappa shape index (κ3) is 16.9. The first-order valence-corrected chi connectivity index (χ1v) is 43.1. The number of nitrogens with zero attached hydrogens (tertiary/aromatic N) is 12. The SMILES string of the molecule is CN1CCN(C(c2ccncc2)c2c(O)c3c(F)cccc3c3occ(C(=O)O)c23)CC1.COC(=O)c1coc2c1c(C(c1ccncc1)N1CCN(C)CC1)c(O)c1c(F)c(Cl)ccc12.COC(=O)c1coc2c1c(C(c1ccncc1)N1CCN(C)CC1)c(O)c1c(F)cccc12.COC(=O)c1coc2c1c(C(c1ccncc1)N1CCN(C)CC1)c(O)c1cc(F)ccc12. The molecule has 12 heterocycles. The normalized spacial score (nSPS) is 16.4. The Balaban J connectivity index is 0.000000123. The van der Waals surface area contributed by atoms with Gasteiger partial charge >= 0.3 is 23.9 Å². The number of phenolic OH excluding ortho intramolecular Hbond substituents is 4. The number of likely N-dealkylation sites (N-methyl/N-ethyl adjacent to an activating group) is 4. The van der Waals surface area contributed by atoms with Gasteiger partial charge in [0.15, 0.2) is 5.82 Å². The third-order valence-electron chi connectivity index (χ3n) is 25.5. The zero-order valence-corrected chi connectivity index (χ0v) is 73.8. The first-order valence-electron chi connectivity index (χ1n) is 42.7. The smallest absolute Gasteiger partial charge is 0.341 e. The highest BCUT2D eigenvalue weighted by Gasteiger charge is 2.41. The first-order chi connectivity index (χ1) is 63.9. The van der Waals surface area contributed by atoms with E-state index in [4.69, 9.17) is 43.5 Å². The van der Waals surface area contributed by atoms with Gasteiger partial charge in [-0.1, -0.05) is 35.9 Å². The minimum atomic E-state index is -1.17. The molecule has 4 aliphatic rings. The highest BCUT2D eigenvalue weighted by molar-refractivity contribution is 6.32. The summed E-state index contributed by atoms with van der Waals surface area (Å²) in [5.41, 5.74) is 6.85. The van der Waals surface area contributed by atoms with Crippen LogP contribution >= 0.6 is 11.6 Å². The van der Waals surface area contributed by atoms with Crippen molar-refractivity contribution >= 4 is 122 Å². The number of piperazine rings is 4. The van der Waals surface area contributed by atoms with E-state index in [1.807, 2.05) is 62.6 Å². The molecule has 16 aromatic rings. The van der Waals surface area contributed by atoms with Crippen LogP contribution in [0.2, 0.25) is 5.02 Å². The molecule has 4 fully saturated rings. The fraction of sp³-hybridized carbons (Fsp3) is 0.273.